The number of ether oxygens (including phenoxy) is 2. The molecule has 4 aromatic rings. The summed E-state index contributed by atoms with van der Waals surface area (Å²) in [7, 11) is 3.27. The Morgan fingerprint density at radius 2 is 1.70 bits per heavy atom. The number of alkyl halides is 3. The van der Waals surface area contributed by atoms with Gasteiger partial charge in [-0.05, 0) is 63.0 Å². The van der Waals surface area contributed by atoms with E-state index in [9.17, 15) is 32.3 Å². The first-order chi connectivity index (χ1) is 31.8. The number of hydrogen-bond acceptors (Lipinski definition) is 15. The molecule has 2 amide bonds. The molecule has 0 aliphatic carbocycles. The molecule has 0 radical (unpaired) electrons. The van der Waals surface area contributed by atoms with Gasteiger partial charge in [0, 0.05) is 78.2 Å². The van der Waals surface area contributed by atoms with E-state index in [-0.39, 0.29) is 46.2 Å². The molecule has 3 saturated heterocycles. The highest BCUT2D eigenvalue weighted by atomic mass is 35.5. The molecule has 2 atom stereocenters. The Kier molecular flexibility index (Phi) is 13.8. The van der Waals surface area contributed by atoms with Gasteiger partial charge in [0.1, 0.15) is 35.6 Å². The lowest BCUT2D eigenvalue weighted by Crippen LogP contribution is -2.53. The predicted molar refractivity (Wildman–Crippen MR) is 238 cm³/mol. The van der Waals surface area contributed by atoms with E-state index < -0.39 is 29.9 Å². The molecule has 22 heteroatoms. The molecule has 2 unspecified atom stereocenters. The van der Waals surface area contributed by atoms with Crippen molar-refractivity contribution in [3.05, 3.63) is 81.9 Å². The second-order valence-electron chi connectivity index (χ2n) is 16.5. The number of likely N-dealkylation sites (tertiary alicyclic amines) is 1. The molecule has 348 valence electrons. The van der Waals surface area contributed by atoms with Crippen molar-refractivity contribution in [1.29, 1.82) is 0 Å². The van der Waals surface area contributed by atoms with Crippen LogP contribution in [0.5, 0.6) is 5.88 Å². The van der Waals surface area contributed by atoms with Crippen molar-refractivity contribution >= 4 is 63.9 Å². The number of hydrogen-bond donors (Lipinski definition) is 3. The number of fused-ring (bicyclic) bond motifs is 2. The number of nitrogens with zero attached hydrogens (tertiary/aromatic N) is 9. The number of halogens is 4. The van der Waals surface area contributed by atoms with Crippen LogP contribution in [0.3, 0.4) is 0 Å². The SMILES string of the molecule is COC(C)c1c(NC(=O)Nc2cc(C(F)(F)F)cnc2OCCN2CCC(N3CCN(Cc4ccc5c(c4)N(C)C(=C=O)N5C4CCC(=C=O)NC4=C=O)CC3)CC2)cnc2cc(Cl)nn12. The normalized spacial score (nSPS) is 19.3. The molecular formula is C44H48ClF3N12O6. The fourth-order valence-electron chi connectivity index (χ4n) is 9.06. The summed E-state index contributed by atoms with van der Waals surface area (Å²) in [6.07, 6.45) is -0.513. The fraction of sp³-hybridized carbons (Fsp3) is 0.455. The van der Waals surface area contributed by atoms with Crippen LogP contribution in [0.15, 0.2) is 59.9 Å². The number of carbonyl (C=O) groups is 1. The third kappa shape index (κ3) is 9.79. The number of methoxy groups -OCH3 is 1. The van der Waals surface area contributed by atoms with Gasteiger partial charge in [0.25, 0.3) is 0 Å². The Morgan fingerprint density at radius 3 is 2.39 bits per heavy atom. The van der Waals surface area contributed by atoms with E-state index in [2.05, 4.69) is 51.8 Å². The molecule has 4 aliphatic rings. The molecule has 3 aromatic heterocycles. The minimum atomic E-state index is -4.71. The molecule has 3 N–H and O–H groups in total. The number of benzene rings is 1. The number of pyridine rings is 1. The topological polar surface area (TPSA) is 182 Å². The van der Waals surface area contributed by atoms with E-state index in [4.69, 9.17) is 21.1 Å². The summed E-state index contributed by atoms with van der Waals surface area (Å²) in [6, 6.07) is 7.43. The molecule has 0 saturated carbocycles. The highest BCUT2D eigenvalue weighted by Gasteiger charge is 2.40. The zero-order valence-corrected chi connectivity index (χ0v) is 37.2. The van der Waals surface area contributed by atoms with Crippen LogP contribution in [-0.4, -0.2) is 137 Å². The van der Waals surface area contributed by atoms with Gasteiger partial charge in [0.2, 0.25) is 11.7 Å². The number of rotatable bonds is 12. The Bertz CT molecular complexity index is 2630. The lowest BCUT2D eigenvalue weighted by molar-refractivity contribution is -0.137. The highest BCUT2D eigenvalue weighted by Crippen LogP contribution is 2.44. The van der Waals surface area contributed by atoms with Crippen LogP contribution in [0.4, 0.5) is 40.7 Å². The van der Waals surface area contributed by atoms with E-state index in [1.807, 2.05) is 30.0 Å². The Morgan fingerprint density at radius 1 is 0.939 bits per heavy atom. The summed E-state index contributed by atoms with van der Waals surface area (Å²) < 4.78 is 54.1. The molecule has 8 rings (SSSR count). The number of piperazine rings is 1. The van der Waals surface area contributed by atoms with Gasteiger partial charge in [0.15, 0.2) is 16.7 Å². The number of nitrogens with one attached hydrogen (secondary N) is 3. The first-order valence-corrected chi connectivity index (χ1v) is 21.9. The van der Waals surface area contributed by atoms with Crippen molar-refractivity contribution in [3.63, 3.8) is 0 Å². The maximum absolute atomic E-state index is 13.8. The van der Waals surface area contributed by atoms with Gasteiger partial charge >= 0.3 is 12.2 Å². The number of amides is 2. The molecule has 7 heterocycles. The number of piperidine rings is 2. The van der Waals surface area contributed by atoms with Crippen molar-refractivity contribution in [2.75, 3.05) is 87.0 Å². The van der Waals surface area contributed by atoms with Crippen molar-refractivity contribution in [1.82, 2.24) is 39.6 Å². The van der Waals surface area contributed by atoms with Crippen LogP contribution in [0.2, 0.25) is 5.15 Å². The van der Waals surface area contributed by atoms with Crippen LogP contribution in [0.1, 0.15) is 55.5 Å². The number of allylic oxidation sites excluding steroid dienone is 1. The van der Waals surface area contributed by atoms with Crippen molar-refractivity contribution in [2.24, 2.45) is 0 Å². The lowest BCUT2D eigenvalue weighted by Gasteiger charge is -2.42. The first-order valence-electron chi connectivity index (χ1n) is 21.5. The fourth-order valence-corrected chi connectivity index (χ4v) is 9.23. The van der Waals surface area contributed by atoms with Gasteiger partial charge in [-0.1, -0.05) is 17.7 Å². The summed E-state index contributed by atoms with van der Waals surface area (Å²) in [5.74, 6) is 5.90. The summed E-state index contributed by atoms with van der Waals surface area (Å²) in [5, 5.41) is 12.3. The molecule has 18 nitrogen and oxygen atoms in total. The molecule has 66 heavy (non-hydrogen) atoms. The van der Waals surface area contributed by atoms with Crippen LogP contribution >= 0.6 is 11.6 Å². The van der Waals surface area contributed by atoms with Gasteiger partial charge in [-0.15, -0.1) is 0 Å². The van der Waals surface area contributed by atoms with Crippen molar-refractivity contribution in [2.45, 2.75) is 63.5 Å². The highest BCUT2D eigenvalue weighted by molar-refractivity contribution is 6.29. The van der Waals surface area contributed by atoms with Crippen molar-refractivity contribution < 1.29 is 41.8 Å². The predicted octanol–water partition coefficient (Wildman–Crippen LogP) is 4.92. The van der Waals surface area contributed by atoms with Gasteiger partial charge in [-0.2, -0.15) is 18.3 Å². The van der Waals surface area contributed by atoms with Crippen molar-refractivity contribution in [3.8, 4) is 5.88 Å². The quantitative estimate of drug-likeness (QED) is 0.163. The summed E-state index contributed by atoms with van der Waals surface area (Å²) >= 11 is 6.09. The third-order valence-corrected chi connectivity index (χ3v) is 12.8. The van der Waals surface area contributed by atoms with Gasteiger partial charge in [-0.25, -0.2) is 33.7 Å². The zero-order chi connectivity index (χ0) is 46.7. The zero-order valence-electron chi connectivity index (χ0n) is 36.5. The monoisotopic (exact) mass is 932 g/mol. The van der Waals surface area contributed by atoms with Crippen LogP contribution in [0, 0.1) is 0 Å². The van der Waals surface area contributed by atoms with Gasteiger partial charge in [0.05, 0.1) is 46.7 Å². The largest absolute Gasteiger partial charge is 0.475 e. The Hall–Kier alpha value is -6.27. The Balaban J connectivity index is 0.819. The number of anilines is 4. The maximum Gasteiger partial charge on any atom is 0.417 e. The number of carbonyl (C=O) groups excluding carboxylic acids is 4. The second-order valence-corrected chi connectivity index (χ2v) is 16.9. The molecule has 1 aromatic carbocycles. The standard InChI is InChI=1S/C44H48ClF3N12O6/c1-27(65-3)41-33(22-49-39-20-38(45)54-60(39)41)53-43(64)52-32-19-29(44(46,47)48)21-50-42(32)66-17-16-56-10-8-31(9-11-56)58-14-12-57(13-15-58)23-28-4-6-36-37(18-28)55(2)40(26-63)59(36)35-7-5-30(24-61)51-34(35)25-62/h4,6,18-22,27,31,35,51H,5,7-17,23H2,1-3H3,(H2,52,53,64). The van der Waals surface area contributed by atoms with Crippen LogP contribution in [-0.2, 0) is 31.8 Å². The van der Waals surface area contributed by atoms with Crippen LogP contribution in [0.25, 0.3) is 5.65 Å². The lowest BCUT2D eigenvalue weighted by atomic mass is 9.99. The first kappa shape index (κ1) is 46.3. The average Bonchev–Trinajstić information content (AvgIpc) is 3.83. The summed E-state index contributed by atoms with van der Waals surface area (Å²) in [5.41, 5.74) is 2.86. The maximum atomic E-state index is 13.8. The Labute approximate surface area is 382 Å². The van der Waals surface area contributed by atoms with E-state index in [0.717, 1.165) is 81.7 Å². The average molecular weight is 933 g/mol. The minimum Gasteiger partial charge on any atom is -0.475 e. The third-order valence-electron chi connectivity index (χ3n) is 12.6. The summed E-state index contributed by atoms with van der Waals surface area (Å²) in [6.45, 7) is 8.32. The minimum absolute atomic E-state index is 0.131. The van der Waals surface area contributed by atoms with Gasteiger partial charge in [-0.3, -0.25) is 14.7 Å². The molecule has 4 aliphatic heterocycles. The van der Waals surface area contributed by atoms with E-state index in [1.165, 1.54) is 23.9 Å². The van der Waals surface area contributed by atoms with Gasteiger partial charge < -0.3 is 35.2 Å². The molecule has 0 spiro atoms. The second kappa shape index (κ2) is 19.7. The van der Waals surface area contributed by atoms with E-state index in [1.54, 1.807) is 23.8 Å². The van der Waals surface area contributed by atoms with E-state index in [0.29, 0.717) is 43.0 Å². The molecule has 0 bridgehead atoms. The number of aromatic nitrogens is 4. The van der Waals surface area contributed by atoms with E-state index >= 15 is 0 Å². The smallest absolute Gasteiger partial charge is 0.417 e. The van der Waals surface area contributed by atoms with Crippen LogP contribution < -0.4 is 30.5 Å². The number of urea groups is 1. The summed E-state index contributed by atoms with van der Waals surface area (Å²) in [4.78, 5) is 67.5. The molecule has 3 fully saturated rings. The molecular weight excluding hydrogens is 885 g/mol.